The first kappa shape index (κ1) is 19.6. The molecule has 0 radical (unpaired) electrons. The Morgan fingerprint density at radius 3 is 2.50 bits per heavy atom. The van der Waals surface area contributed by atoms with Crippen molar-refractivity contribution in [3.63, 3.8) is 0 Å². The number of amides is 1. The second-order valence-corrected chi connectivity index (χ2v) is 6.81. The molecule has 0 spiro atoms. The third-order valence-electron chi connectivity index (χ3n) is 3.91. The molecule has 0 heterocycles. The van der Waals surface area contributed by atoms with Gasteiger partial charge in [0.1, 0.15) is 6.61 Å². The lowest BCUT2D eigenvalue weighted by molar-refractivity contribution is 0.0955. The van der Waals surface area contributed by atoms with Crippen molar-refractivity contribution in [3.05, 3.63) is 94.0 Å². The lowest BCUT2D eigenvalue weighted by Crippen LogP contribution is -2.17. The average Bonchev–Trinajstić information content (AvgIpc) is 2.73. The van der Waals surface area contributed by atoms with E-state index in [1.807, 2.05) is 42.5 Å². The summed E-state index contributed by atoms with van der Waals surface area (Å²) < 4.78 is 12.2. The summed E-state index contributed by atoms with van der Waals surface area (Å²) in [7, 11) is 1.58. The van der Waals surface area contributed by atoms with E-state index in [9.17, 15) is 4.79 Å². The maximum Gasteiger partial charge on any atom is 0.271 e. The molecule has 0 aliphatic carbocycles. The standard InChI is InChI=1S/C22H19BrN2O3/c1-27-21-13-17(7-12-20(21)28-15-16-5-3-2-4-6-16)14-24-25-22(26)18-8-10-19(23)11-9-18/h2-14H,15H2,1H3,(H,25,26)/b24-14+. The lowest BCUT2D eigenvalue weighted by atomic mass is 10.2. The molecule has 0 aromatic heterocycles. The number of carbonyl (C=O) groups excluding carboxylic acids is 1. The number of nitrogens with one attached hydrogen (secondary N) is 1. The van der Waals surface area contributed by atoms with Crippen molar-refractivity contribution in [2.75, 3.05) is 7.11 Å². The van der Waals surface area contributed by atoms with Crippen LogP contribution in [0.5, 0.6) is 11.5 Å². The molecule has 0 saturated carbocycles. The Morgan fingerprint density at radius 2 is 1.79 bits per heavy atom. The number of rotatable bonds is 7. The van der Waals surface area contributed by atoms with E-state index in [0.717, 1.165) is 15.6 Å². The number of hydrogen-bond acceptors (Lipinski definition) is 4. The molecular formula is C22H19BrN2O3. The maximum atomic E-state index is 12.1. The van der Waals surface area contributed by atoms with Crippen molar-refractivity contribution in [1.29, 1.82) is 0 Å². The van der Waals surface area contributed by atoms with Crippen LogP contribution in [0.2, 0.25) is 0 Å². The van der Waals surface area contributed by atoms with Crippen LogP contribution < -0.4 is 14.9 Å². The Morgan fingerprint density at radius 1 is 1.04 bits per heavy atom. The van der Waals surface area contributed by atoms with E-state index in [1.165, 1.54) is 0 Å². The molecule has 3 rings (SSSR count). The Balaban J connectivity index is 1.61. The first-order valence-corrected chi connectivity index (χ1v) is 9.39. The summed E-state index contributed by atoms with van der Waals surface area (Å²) in [6, 6.07) is 22.4. The third-order valence-corrected chi connectivity index (χ3v) is 4.44. The van der Waals surface area contributed by atoms with Crippen LogP contribution in [0, 0.1) is 0 Å². The summed E-state index contributed by atoms with van der Waals surface area (Å²) in [4.78, 5) is 12.1. The molecule has 0 aliphatic heterocycles. The fourth-order valence-corrected chi connectivity index (χ4v) is 2.71. The zero-order valence-corrected chi connectivity index (χ0v) is 16.8. The molecule has 0 saturated heterocycles. The van der Waals surface area contributed by atoms with Crippen molar-refractivity contribution >= 4 is 28.1 Å². The normalized spacial score (nSPS) is 10.6. The van der Waals surface area contributed by atoms with E-state index in [4.69, 9.17) is 9.47 Å². The van der Waals surface area contributed by atoms with Gasteiger partial charge in [0.15, 0.2) is 11.5 Å². The maximum absolute atomic E-state index is 12.1. The van der Waals surface area contributed by atoms with Crippen LogP contribution in [0.1, 0.15) is 21.5 Å². The number of hydrazone groups is 1. The van der Waals surface area contributed by atoms with Crippen LogP contribution in [-0.4, -0.2) is 19.2 Å². The summed E-state index contributed by atoms with van der Waals surface area (Å²) in [6.45, 7) is 0.452. The van der Waals surface area contributed by atoms with E-state index in [1.54, 1.807) is 43.7 Å². The van der Waals surface area contributed by atoms with Gasteiger partial charge in [-0.1, -0.05) is 46.3 Å². The summed E-state index contributed by atoms with van der Waals surface area (Å²) in [6.07, 6.45) is 1.56. The highest BCUT2D eigenvalue weighted by atomic mass is 79.9. The summed E-state index contributed by atoms with van der Waals surface area (Å²) >= 11 is 3.34. The van der Waals surface area contributed by atoms with Gasteiger partial charge in [-0.3, -0.25) is 4.79 Å². The van der Waals surface area contributed by atoms with Gasteiger partial charge in [0.25, 0.3) is 5.91 Å². The molecule has 0 bridgehead atoms. The minimum absolute atomic E-state index is 0.279. The van der Waals surface area contributed by atoms with Gasteiger partial charge in [-0.15, -0.1) is 0 Å². The smallest absolute Gasteiger partial charge is 0.271 e. The minimum Gasteiger partial charge on any atom is -0.493 e. The van der Waals surface area contributed by atoms with Crippen molar-refractivity contribution in [1.82, 2.24) is 5.43 Å². The molecule has 5 nitrogen and oxygen atoms in total. The predicted molar refractivity (Wildman–Crippen MR) is 113 cm³/mol. The van der Waals surface area contributed by atoms with Gasteiger partial charge in [0.2, 0.25) is 0 Å². The topological polar surface area (TPSA) is 59.9 Å². The average molecular weight is 439 g/mol. The van der Waals surface area contributed by atoms with Gasteiger partial charge in [-0.25, -0.2) is 5.43 Å². The molecule has 0 fully saturated rings. The van der Waals surface area contributed by atoms with Crippen molar-refractivity contribution in [2.24, 2.45) is 5.10 Å². The van der Waals surface area contributed by atoms with Gasteiger partial charge < -0.3 is 9.47 Å². The van der Waals surface area contributed by atoms with E-state index in [2.05, 4.69) is 26.5 Å². The molecule has 0 unspecified atom stereocenters. The van der Waals surface area contributed by atoms with E-state index in [-0.39, 0.29) is 5.91 Å². The second kappa shape index (κ2) is 9.71. The molecule has 28 heavy (non-hydrogen) atoms. The summed E-state index contributed by atoms with van der Waals surface area (Å²) in [5.74, 6) is 0.958. The zero-order valence-electron chi connectivity index (χ0n) is 15.3. The molecule has 0 aliphatic rings. The number of hydrogen-bond donors (Lipinski definition) is 1. The van der Waals surface area contributed by atoms with Gasteiger partial charge >= 0.3 is 0 Å². The number of ether oxygens (including phenoxy) is 2. The molecule has 1 amide bonds. The van der Waals surface area contributed by atoms with E-state index in [0.29, 0.717) is 23.7 Å². The zero-order chi connectivity index (χ0) is 19.8. The van der Waals surface area contributed by atoms with Crippen LogP contribution in [0.15, 0.2) is 82.4 Å². The van der Waals surface area contributed by atoms with Crippen molar-refractivity contribution in [2.45, 2.75) is 6.61 Å². The monoisotopic (exact) mass is 438 g/mol. The van der Waals surface area contributed by atoms with Gasteiger partial charge in [0.05, 0.1) is 13.3 Å². The SMILES string of the molecule is COc1cc(/C=N/NC(=O)c2ccc(Br)cc2)ccc1OCc1ccccc1. The van der Waals surface area contributed by atoms with Gasteiger partial charge in [-0.2, -0.15) is 5.10 Å². The number of methoxy groups -OCH3 is 1. The number of carbonyl (C=O) groups is 1. The quantitative estimate of drug-likeness (QED) is 0.425. The fraction of sp³-hybridized carbons (Fsp3) is 0.0909. The second-order valence-electron chi connectivity index (χ2n) is 5.89. The largest absolute Gasteiger partial charge is 0.493 e. The Labute approximate surface area is 172 Å². The van der Waals surface area contributed by atoms with Gasteiger partial charge in [0, 0.05) is 10.0 Å². The molecular weight excluding hydrogens is 420 g/mol. The Kier molecular flexibility index (Phi) is 6.81. The Bertz CT molecular complexity index is 957. The van der Waals surface area contributed by atoms with Crippen LogP contribution in [0.3, 0.4) is 0 Å². The molecule has 6 heteroatoms. The molecule has 3 aromatic rings. The predicted octanol–water partition coefficient (Wildman–Crippen LogP) is 4.80. The fourth-order valence-electron chi connectivity index (χ4n) is 2.45. The number of halogens is 1. The van der Waals surface area contributed by atoms with Gasteiger partial charge in [-0.05, 0) is 53.6 Å². The van der Waals surface area contributed by atoms with Crippen LogP contribution in [0.4, 0.5) is 0 Å². The van der Waals surface area contributed by atoms with Crippen LogP contribution in [-0.2, 0) is 6.61 Å². The van der Waals surface area contributed by atoms with E-state index < -0.39 is 0 Å². The highest BCUT2D eigenvalue weighted by Gasteiger charge is 2.06. The van der Waals surface area contributed by atoms with Crippen molar-refractivity contribution < 1.29 is 14.3 Å². The number of benzene rings is 3. The highest BCUT2D eigenvalue weighted by molar-refractivity contribution is 9.10. The van der Waals surface area contributed by atoms with E-state index >= 15 is 0 Å². The minimum atomic E-state index is -0.279. The molecule has 0 atom stereocenters. The highest BCUT2D eigenvalue weighted by Crippen LogP contribution is 2.28. The van der Waals surface area contributed by atoms with Crippen LogP contribution >= 0.6 is 15.9 Å². The van der Waals surface area contributed by atoms with Crippen LogP contribution in [0.25, 0.3) is 0 Å². The number of nitrogens with zero attached hydrogens (tertiary/aromatic N) is 1. The summed E-state index contributed by atoms with van der Waals surface area (Å²) in [5, 5.41) is 4.01. The third kappa shape index (κ3) is 5.44. The first-order valence-electron chi connectivity index (χ1n) is 8.59. The van der Waals surface area contributed by atoms with Crippen molar-refractivity contribution in [3.8, 4) is 11.5 Å². The molecule has 1 N–H and O–H groups in total. The Hall–Kier alpha value is -3.12. The first-order chi connectivity index (χ1) is 13.7. The molecule has 3 aromatic carbocycles. The lowest BCUT2D eigenvalue weighted by Gasteiger charge is -2.11. The molecule has 142 valence electrons. The summed E-state index contributed by atoms with van der Waals surface area (Å²) in [5.41, 5.74) is 4.89.